The first-order valence-corrected chi connectivity index (χ1v) is 4.57. The minimum absolute atomic E-state index is 0.143. The third-order valence-corrected chi connectivity index (χ3v) is 2.51. The van der Waals surface area contributed by atoms with Crippen LogP contribution in [0.1, 0.15) is 29.2 Å². The lowest BCUT2D eigenvalue weighted by atomic mass is 9.92. The molecule has 1 heteroatoms. The van der Waals surface area contributed by atoms with E-state index < -0.39 is 0 Å². The fourth-order valence-electron chi connectivity index (χ4n) is 1.57. The zero-order chi connectivity index (χ0) is 10.0. The molecule has 13 heavy (non-hydrogen) atoms. The van der Waals surface area contributed by atoms with E-state index >= 15 is 0 Å². The molecule has 1 radical (unpaired) electrons. The molecule has 0 aromatic heterocycles. The predicted octanol–water partition coefficient (Wildman–Crippen LogP) is 2.55. The molecule has 0 saturated carbocycles. The van der Waals surface area contributed by atoms with E-state index in [1.165, 1.54) is 22.3 Å². The summed E-state index contributed by atoms with van der Waals surface area (Å²) in [5.41, 5.74) is 5.02. The monoisotopic (exact) mass is 177 g/mol. The highest BCUT2D eigenvalue weighted by Crippen LogP contribution is 2.22. The second-order valence-electron chi connectivity index (χ2n) is 3.69. The first-order chi connectivity index (χ1) is 6.06. The van der Waals surface area contributed by atoms with Crippen molar-refractivity contribution < 1.29 is 5.11 Å². The molecule has 0 amide bonds. The number of hydrogen-bond acceptors (Lipinski definition) is 1. The van der Waals surface area contributed by atoms with Crippen molar-refractivity contribution in [2.45, 2.75) is 27.7 Å². The van der Waals surface area contributed by atoms with Crippen LogP contribution in [0, 0.1) is 26.7 Å². The van der Waals surface area contributed by atoms with Crippen molar-refractivity contribution in [3.8, 4) is 0 Å². The maximum Gasteiger partial charge on any atom is 0.0534 e. The van der Waals surface area contributed by atoms with E-state index in [0.717, 1.165) is 5.92 Å². The standard InChI is InChI=1S/C12H17O/c1-8-5-9(2)11(4)12(6-8)10(3)7-13/h5-6,13H,7H2,1-4H3. The molecule has 71 valence electrons. The topological polar surface area (TPSA) is 20.2 Å². The van der Waals surface area contributed by atoms with Gasteiger partial charge in [-0.05, 0) is 37.5 Å². The molecule has 0 fully saturated rings. The number of aliphatic hydroxyl groups excluding tert-OH is 1. The summed E-state index contributed by atoms with van der Waals surface area (Å²) in [7, 11) is 0. The summed E-state index contributed by atoms with van der Waals surface area (Å²) in [5, 5.41) is 9.06. The third-order valence-electron chi connectivity index (χ3n) is 2.51. The van der Waals surface area contributed by atoms with Gasteiger partial charge in [0.2, 0.25) is 0 Å². The zero-order valence-corrected chi connectivity index (χ0v) is 8.81. The SMILES string of the molecule is C[C](CO)c1cc(C)cc(C)c1C. The molecule has 1 aromatic rings. The molecule has 1 aromatic carbocycles. The number of benzene rings is 1. The number of rotatable bonds is 2. The fraction of sp³-hybridized carbons (Fsp3) is 0.417. The van der Waals surface area contributed by atoms with Crippen LogP contribution in [0.25, 0.3) is 0 Å². The van der Waals surface area contributed by atoms with Gasteiger partial charge in [-0.2, -0.15) is 0 Å². The van der Waals surface area contributed by atoms with Crippen molar-refractivity contribution >= 4 is 0 Å². The van der Waals surface area contributed by atoms with Crippen LogP contribution in [0.2, 0.25) is 0 Å². The molecule has 0 bridgehead atoms. The molecule has 0 spiro atoms. The lowest BCUT2D eigenvalue weighted by molar-refractivity contribution is 0.314. The van der Waals surface area contributed by atoms with Crippen LogP contribution in [0.15, 0.2) is 12.1 Å². The Kier molecular flexibility index (Phi) is 3.10. The largest absolute Gasteiger partial charge is 0.395 e. The van der Waals surface area contributed by atoms with Crippen molar-refractivity contribution in [1.82, 2.24) is 0 Å². The van der Waals surface area contributed by atoms with Gasteiger partial charge in [0.25, 0.3) is 0 Å². The van der Waals surface area contributed by atoms with Crippen LogP contribution in [0.4, 0.5) is 0 Å². The second kappa shape index (κ2) is 3.93. The maximum absolute atomic E-state index is 9.06. The summed E-state index contributed by atoms with van der Waals surface area (Å²) in [5.74, 6) is 1.05. The van der Waals surface area contributed by atoms with E-state index in [4.69, 9.17) is 5.11 Å². The van der Waals surface area contributed by atoms with Gasteiger partial charge in [-0.1, -0.05) is 24.6 Å². The molecular weight excluding hydrogens is 160 g/mol. The highest BCUT2D eigenvalue weighted by atomic mass is 16.3. The van der Waals surface area contributed by atoms with Crippen LogP contribution in [-0.2, 0) is 0 Å². The van der Waals surface area contributed by atoms with Crippen molar-refractivity contribution in [1.29, 1.82) is 0 Å². The van der Waals surface area contributed by atoms with Gasteiger partial charge in [0, 0.05) is 5.92 Å². The fourth-order valence-corrected chi connectivity index (χ4v) is 1.57. The molecule has 0 aliphatic carbocycles. The molecule has 0 unspecified atom stereocenters. The average Bonchev–Trinajstić information content (AvgIpc) is 2.10. The van der Waals surface area contributed by atoms with Crippen LogP contribution in [0.5, 0.6) is 0 Å². The summed E-state index contributed by atoms with van der Waals surface area (Å²) in [6.07, 6.45) is 0. The molecule has 0 atom stereocenters. The smallest absolute Gasteiger partial charge is 0.0534 e. The van der Waals surface area contributed by atoms with E-state index in [-0.39, 0.29) is 6.61 Å². The van der Waals surface area contributed by atoms with Crippen molar-refractivity contribution in [3.05, 3.63) is 40.3 Å². The van der Waals surface area contributed by atoms with Gasteiger partial charge < -0.3 is 5.11 Å². The molecule has 0 saturated heterocycles. The Hall–Kier alpha value is -0.820. The van der Waals surface area contributed by atoms with Gasteiger partial charge in [0.1, 0.15) is 0 Å². The Morgan fingerprint density at radius 2 is 1.85 bits per heavy atom. The highest BCUT2D eigenvalue weighted by molar-refractivity contribution is 5.44. The molecule has 1 N–H and O–H groups in total. The Morgan fingerprint density at radius 3 is 2.38 bits per heavy atom. The molecule has 1 rings (SSSR count). The van der Waals surface area contributed by atoms with E-state index in [9.17, 15) is 0 Å². The van der Waals surface area contributed by atoms with Gasteiger partial charge in [-0.15, -0.1) is 0 Å². The summed E-state index contributed by atoms with van der Waals surface area (Å²) in [6, 6.07) is 4.30. The average molecular weight is 177 g/mol. The van der Waals surface area contributed by atoms with Crippen molar-refractivity contribution in [3.63, 3.8) is 0 Å². The Bertz CT molecular complexity index is 302. The summed E-state index contributed by atoms with van der Waals surface area (Å²) in [4.78, 5) is 0. The summed E-state index contributed by atoms with van der Waals surface area (Å²) < 4.78 is 0. The van der Waals surface area contributed by atoms with E-state index in [0.29, 0.717) is 0 Å². The molecule has 0 aliphatic heterocycles. The summed E-state index contributed by atoms with van der Waals surface area (Å²) in [6.45, 7) is 8.41. The normalized spacial score (nSPS) is 10.9. The predicted molar refractivity (Wildman–Crippen MR) is 55.8 cm³/mol. The molecule has 1 nitrogen and oxygen atoms in total. The van der Waals surface area contributed by atoms with Crippen LogP contribution < -0.4 is 0 Å². The van der Waals surface area contributed by atoms with Gasteiger partial charge in [0.15, 0.2) is 0 Å². The molecular formula is C12H17O. The third kappa shape index (κ3) is 2.10. The number of aryl methyl sites for hydroxylation is 2. The quantitative estimate of drug-likeness (QED) is 0.736. The first-order valence-electron chi connectivity index (χ1n) is 4.57. The van der Waals surface area contributed by atoms with Crippen molar-refractivity contribution in [2.75, 3.05) is 6.61 Å². The second-order valence-corrected chi connectivity index (χ2v) is 3.69. The number of aliphatic hydroxyl groups is 1. The Balaban J connectivity index is 3.20. The molecule has 0 heterocycles. The van der Waals surface area contributed by atoms with Crippen LogP contribution in [-0.4, -0.2) is 11.7 Å². The van der Waals surface area contributed by atoms with Gasteiger partial charge >= 0.3 is 0 Å². The zero-order valence-electron chi connectivity index (χ0n) is 8.81. The first kappa shape index (κ1) is 10.3. The van der Waals surface area contributed by atoms with Gasteiger partial charge in [-0.25, -0.2) is 0 Å². The minimum atomic E-state index is 0.143. The lowest BCUT2D eigenvalue weighted by Crippen LogP contribution is -2.04. The summed E-state index contributed by atoms with van der Waals surface area (Å²) >= 11 is 0. The van der Waals surface area contributed by atoms with E-state index in [1.807, 2.05) is 6.92 Å². The van der Waals surface area contributed by atoms with Gasteiger partial charge in [-0.3, -0.25) is 0 Å². The Morgan fingerprint density at radius 1 is 1.23 bits per heavy atom. The van der Waals surface area contributed by atoms with Gasteiger partial charge in [0.05, 0.1) is 6.61 Å². The lowest BCUT2D eigenvalue weighted by Gasteiger charge is -2.14. The minimum Gasteiger partial charge on any atom is -0.395 e. The van der Waals surface area contributed by atoms with E-state index in [1.54, 1.807) is 0 Å². The Labute approximate surface area is 80.4 Å². The van der Waals surface area contributed by atoms with Crippen molar-refractivity contribution in [2.24, 2.45) is 0 Å². The highest BCUT2D eigenvalue weighted by Gasteiger charge is 2.09. The molecule has 0 aliphatic rings. The maximum atomic E-state index is 9.06. The van der Waals surface area contributed by atoms with Crippen LogP contribution >= 0.6 is 0 Å². The van der Waals surface area contributed by atoms with Crippen LogP contribution in [0.3, 0.4) is 0 Å². The number of hydrogen-bond donors (Lipinski definition) is 1. The van der Waals surface area contributed by atoms with E-state index in [2.05, 4.69) is 32.9 Å².